The summed E-state index contributed by atoms with van der Waals surface area (Å²) in [7, 11) is 0. The second kappa shape index (κ2) is 2.64. The average molecular weight is 160 g/mol. The summed E-state index contributed by atoms with van der Waals surface area (Å²) in [6.45, 7) is 2.70. The van der Waals surface area contributed by atoms with Gasteiger partial charge in [0, 0.05) is 24.5 Å². The Balaban J connectivity index is 2.78. The molecule has 12 heavy (non-hydrogen) atoms. The third-order valence-corrected chi connectivity index (χ3v) is 2.08. The Hall–Kier alpha value is -1.28. The highest BCUT2D eigenvalue weighted by atomic mass is 14.9. The van der Waals surface area contributed by atoms with Crippen molar-refractivity contribution in [3.05, 3.63) is 41.7 Å². The molecule has 0 bridgehead atoms. The highest BCUT2D eigenvalue weighted by Crippen LogP contribution is 2.13. The largest absolute Gasteiger partial charge is 0.326 e. The number of nitrogens with zero attached hydrogens (tertiary/aromatic N) is 1. The van der Waals surface area contributed by atoms with E-state index in [1.807, 2.05) is 12.3 Å². The first-order valence-electron chi connectivity index (χ1n) is 4.07. The van der Waals surface area contributed by atoms with Gasteiger partial charge < -0.3 is 10.1 Å². The van der Waals surface area contributed by atoms with Crippen LogP contribution >= 0.6 is 0 Å². The van der Waals surface area contributed by atoms with Crippen LogP contribution in [0.2, 0.25) is 0 Å². The zero-order chi connectivity index (χ0) is 8.55. The van der Waals surface area contributed by atoms with E-state index in [1.54, 1.807) is 0 Å². The zero-order valence-corrected chi connectivity index (χ0v) is 7.12. The average Bonchev–Trinajstić information content (AvgIpc) is 2.44. The maximum Gasteiger partial charge on any atom is 0.0497 e. The van der Waals surface area contributed by atoms with E-state index in [9.17, 15) is 0 Å². The number of hydrogen-bond acceptors (Lipinski definition) is 1. The molecule has 0 aliphatic rings. The third-order valence-electron chi connectivity index (χ3n) is 2.08. The molecule has 2 aromatic rings. The molecule has 2 aromatic heterocycles. The minimum Gasteiger partial charge on any atom is -0.326 e. The lowest BCUT2D eigenvalue weighted by Crippen LogP contribution is -1.98. The van der Waals surface area contributed by atoms with Crippen molar-refractivity contribution in [2.24, 2.45) is 5.73 Å². The highest BCUT2D eigenvalue weighted by molar-refractivity contribution is 5.57. The van der Waals surface area contributed by atoms with E-state index < -0.39 is 0 Å². The van der Waals surface area contributed by atoms with Crippen molar-refractivity contribution in [2.75, 3.05) is 0 Å². The highest BCUT2D eigenvalue weighted by Gasteiger charge is 1.99. The van der Waals surface area contributed by atoms with E-state index in [1.165, 1.54) is 16.6 Å². The van der Waals surface area contributed by atoms with Crippen molar-refractivity contribution >= 4 is 5.52 Å². The van der Waals surface area contributed by atoms with Gasteiger partial charge in [-0.25, -0.2) is 0 Å². The van der Waals surface area contributed by atoms with E-state index >= 15 is 0 Å². The van der Waals surface area contributed by atoms with Gasteiger partial charge in [0.05, 0.1) is 0 Å². The Morgan fingerprint density at radius 3 is 3.08 bits per heavy atom. The second-order valence-electron chi connectivity index (χ2n) is 3.05. The normalized spacial score (nSPS) is 10.8. The first-order valence-corrected chi connectivity index (χ1v) is 4.07. The number of aryl methyl sites for hydroxylation is 1. The van der Waals surface area contributed by atoms with Crippen LogP contribution in [0.15, 0.2) is 30.6 Å². The molecule has 0 saturated carbocycles. The minimum atomic E-state index is 0.605. The van der Waals surface area contributed by atoms with E-state index in [0.717, 1.165) is 0 Å². The van der Waals surface area contributed by atoms with Crippen LogP contribution in [-0.4, -0.2) is 4.40 Å². The first-order chi connectivity index (χ1) is 5.81. The van der Waals surface area contributed by atoms with Crippen LogP contribution in [0.4, 0.5) is 0 Å². The molecule has 0 unspecified atom stereocenters. The molecule has 0 aliphatic heterocycles. The van der Waals surface area contributed by atoms with Crippen LogP contribution in [0.3, 0.4) is 0 Å². The van der Waals surface area contributed by atoms with Gasteiger partial charge in [-0.15, -0.1) is 0 Å². The van der Waals surface area contributed by atoms with Gasteiger partial charge in [0.15, 0.2) is 0 Å². The first kappa shape index (κ1) is 7.37. The molecule has 0 fully saturated rings. The van der Waals surface area contributed by atoms with Crippen molar-refractivity contribution < 1.29 is 0 Å². The predicted octanol–water partition coefficient (Wildman–Crippen LogP) is 1.71. The van der Waals surface area contributed by atoms with Crippen LogP contribution in [0, 0.1) is 6.92 Å². The van der Waals surface area contributed by atoms with E-state index in [0.29, 0.717) is 6.54 Å². The lowest BCUT2D eigenvalue weighted by Gasteiger charge is -1.99. The van der Waals surface area contributed by atoms with Crippen molar-refractivity contribution in [1.82, 2.24) is 4.40 Å². The fourth-order valence-corrected chi connectivity index (χ4v) is 1.51. The monoisotopic (exact) mass is 160 g/mol. The fourth-order valence-electron chi connectivity index (χ4n) is 1.51. The maximum absolute atomic E-state index is 5.61. The van der Waals surface area contributed by atoms with Crippen LogP contribution in [0.5, 0.6) is 0 Å². The summed E-state index contributed by atoms with van der Waals surface area (Å²) in [4.78, 5) is 0. The molecule has 0 atom stereocenters. The molecule has 2 N–H and O–H groups in total. The van der Waals surface area contributed by atoms with Crippen molar-refractivity contribution in [1.29, 1.82) is 0 Å². The molecule has 0 radical (unpaired) electrons. The second-order valence-corrected chi connectivity index (χ2v) is 3.05. The molecule has 0 amide bonds. The Morgan fingerprint density at radius 2 is 2.33 bits per heavy atom. The molecule has 0 spiro atoms. The number of rotatable bonds is 1. The molecule has 0 aromatic carbocycles. The molecule has 2 heteroatoms. The van der Waals surface area contributed by atoms with Gasteiger partial charge in [-0.1, -0.05) is 6.07 Å². The Bertz CT molecular complexity index is 401. The van der Waals surface area contributed by atoms with Gasteiger partial charge in [-0.3, -0.25) is 0 Å². The third kappa shape index (κ3) is 1.01. The molecule has 2 heterocycles. The summed E-state index contributed by atoms with van der Waals surface area (Å²) >= 11 is 0. The summed E-state index contributed by atoms with van der Waals surface area (Å²) in [5.41, 5.74) is 9.31. The van der Waals surface area contributed by atoms with E-state index in [4.69, 9.17) is 5.73 Å². The van der Waals surface area contributed by atoms with Gasteiger partial charge in [-0.05, 0) is 30.2 Å². The van der Waals surface area contributed by atoms with Gasteiger partial charge in [0.2, 0.25) is 0 Å². The molecule has 62 valence electrons. The number of nitrogens with two attached hydrogens (primary N) is 1. The van der Waals surface area contributed by atoms with Crippen molar-refractivity contribution in [3.63, 3.8) is 0 Å². The summed E-state index contributed by atoms with van der Waals surface area (Å²) in [6.07, 6.45) is 4.15. The van der Waals surface area contributed by atoms with Gasteiger partial charge >= 0.3 is 0 Å². The Labute approximate surface area is 71.6 Å². The van der Waals surface area contributed by atoms with Gasteiger partial charge in [-0.2, -0.15) is 0 Å². The number of pyridine rings is 1. The minimum absolute atomic E-state index is 0.605. The van der Waals surface area contributed by atoms with Crippen LogP contribution in [-0.2, 0) is 6.54 Å². The quantitative estimate of drug-likeness (QED) is 0.676. The number of aromatic nitrogens is 1. The molecule has 0 saturated heterocycles. The van der Waals surface area contributed by atoms with Crippen molar-refractivity contribution in [2.45, 2.75) is 13.5 Å². The number of hydrogen-bond donors (Lipinski definition) is 1. The zero-order valence-electron chi connectivity index (χ0n) is 7.12. The summed E-state index contributed by atoms with van der Waals surface area (Å²) in [5, 5.41) is 0. The molecular weight excluding hydrogens is 148 g/mol. The topological polar surface area (TPSA) is 30.4 Å². The SMILES string of the molecule is Cc1cc2c(CN)cccn2c1. The van der Waals surface area contributed by atoms with E-state index in [2.05, 4.69) is 29.7 Å². The molecular formula is C10H12N2. The van der Waals surface area contributed by atoms with Gasteiger partial charge in [0.25, 0.3) is 0 Å². The Kier molecular flexibility index (Phi) is 1.62. The summed E-state index contributed by atoms with van der Waals surface area (Å²) in [5.74, 6) is 0. The predicted molar refractivity (Wildman–Crippen MR) is 50.0 cm³/mol. The van der Waals surface area contributed by atoms with Crippen LogP contribution in [0.25, 0.3) is 5.52 Å². The smallest absolute Gasteiger partial charge is 0.0497 e. The summed E-state index contributed by atoms with van der Waals surface area (Å²) < 4.78 is 2.11. The van der Waals surface area contributed by atoms with Crippen LogP contribution < -0.4 is 5.73 Å². The standard InChI is InChI=1S/C10H12N2/c1-8-5-10-9(6-11)3-2-4-12(10)7-8/h2-5,7H,6,11H2,1H3. The lowest BCUT2D eigenvalue weighted by atomic mass is 10.2. The number of fused-ring (bicyclic) bond motifs is 1. The van der Waals surface area contributed by atoms with E-state index in [-0.39, 0.29) is 0 Å². The van der Waals surface area contributed by atoms with Crippen LogP contribution in [0.1, 0.15) is 11.1 Å². The fraction of sp³-hybridized carbons (Fsp3) is 0.200. The van der Waals surface area contributed by atoms with Crippen molar-refractivity contribution in [3.8, 4) is 0 Å². The molecule has 0 aliphatic carbocycles. The molecule has 2 rings (SSSR count). The molecule has 2 nitrogen and oxygen atoms in total. The van der Waals surface area contributed by atoms with Gasteiger partial charge in [0.1, 0.15) is 0 Å². The summed E-state index contributed by atoms with van der Waals surface area (Å²) in [6, 6.07) is 6.24. The Morgan fingerprint density at radius 1 is 1.50 bits per heavy atom. The lowest BCUT2D eigenvalue weighted by molar-refractivity contribution is 1.05. The maximum atomic E-state index is 5.61.